The second kappa shape index (κ2) is 8.10. The van der Waals surface area contributed by atoms with Crippen molar-refractivity contribution in [3.63, 3.8) is 0 Å². The molecule has 1 amide bonds. The van der Waals surface area contributed by atoms with E-state index < -0.39 is 0 Å². The van der Waals surface area contributed by atoms with E-state index in [0.29, 0.717) is 0 Å². The number of hydrogen-bond donors (Lipinski definition) is 1. The zero-order valence-electron chi connectivity index (χ0n) is 14.9. The molecule has 1 aromatic rings. The number of nitrogens with one attached hydrogen (secondary N) is 1. The summed E-state index contributed by atoms with van der Waals surface area (Å²) in [5.41, 5.74) is 3.08. The highest BCUT2D eigenvalue weighted by Crippen LogP contribution is 2.15. The quantitative estimate of drug-likeness (QED) is 0.911. The molecule has 0 aromatic heterocycles. The first-order valence-corrected chi connectivity index (χ1v) is 9.01. The minimum absolute atomic E-state index is 0.0552. The van der Waals surface area contributed by atoms with Crippen molar-refractivity contribution in [1.82, 2.24) is 15.1 Å². The van der Waals surface area contributed by atoms with Crippen LogP contribution in [0.2, 0.25) is 0 Å². The van der Waals surface area contributed by atoms with Crippen LogP contribution in [0.15, 0.2) is 18.2 Å². The van der Waals surface area contributed by atoms with Gasteiger partial charge in [-0.2, -0.15) is 0 Å². The van der Waals surface area contributed by atoms with Crippen molar-refractivity contribution < 1.29 is 9.53 Å². The molecule has 2 saturated heterocycles. The fourth-order valence-electron chi connectivity index (χ4n) is 3.38. The summed E-state index contributed by atoms with van der Waals surface area (Å²) in [5, 5.41) is 3.17. The van der Waals surface area contributed by atoms with Crippen LogP contribution in [0.3, 0.4) is 0 Å². The van der Waals surface area contributed by atoms with E-state index in [-0.39, 0.29) is 11.9 Å². The van der Waals surface area contributed by atoms with Crippen LogP contribution in [-0.2, 0) is 11.3 Å². The molecule has 0 bridgehead atoms. The number of hydrogen-bond acceptors (Lipinski definition) is 4. The normalized spacial score (nSPS) is 20.9. The van der Waals surface area contributed by atoms with Gasteiger partial charge in [-0.25, -0.2) is 0 Å². The van der Waals surface area contributed by atoms with Crippen LogP contribution in [0.5, 0.6) is 0 Å². The van der Waals surface area contributed by atoms with Gasteiger partial charge < -0.3 is 15.0 Å². The number of piperazine rings is 1. The third kappa shape index (κ3) is 4.56. The molecule has 2 fully saturated rings. The maximum absolute atomic E-state index is 12.6. The van der Waals surface area contributed by atoms with Crippen LogP contribution >= 0.6 is 0 Å². The van der Waals surface area contributed by atoms with Gasteiger partial charge in [0, 0.05) is 57.5 Å². The third-order valence-electron chi connectivity index (χ3n) is 5.11. The van der Waals surface area contributed by atoms with E-state index in [1.54, 1.807) is 0 Å². The lowest BCUT2D eigenvalue weighted by atomic mass is 10.0. The number of carbonyl (C=O) groups is 1. The summed E-state index contributed by atoms with van der Waals surface area (Å²) in [4.78, 5) is 17.5. The maximum Gasteiger partial charge on any atom is 0.251 e. The molecule has 2 aliphatic heterocycles. The maximum atomic E-state index is 12.6. The highest BCUT2D eigenvalue weighted by Gasteiger charge is 2.19. The molecule has 0 atom stereocenters. The zero-order valence-corrected chi connectivity index (χ0v) is 14.9. The first kappa shape index (κ1) is 17.4. The number of amides is 1. The smallest absolute Gasteiger partial charge is 0.251 e. The minimum atomic E-state index is 0.0552. The first-order chi connectivity index (χ1) is 11.6. The third-order valence-corrected chi connectivity index (χ3v) is 5.11. The summed E-state index contributed by atoms with van der Waals surface area (Å²) in [7, 11) is 2.17. The topological polar surface area (TPSA) is 44.8 Å². The molecule has 0 unspecified atom stereocenters. The number of benzene rings is 1. The van der Waals surface area contributed by atoms with Crippen molar-refractivity contribution in [2.24, 2.45) is 0 Å². The Kier molecular flexibility index (Phi) is 5.87. The Morgan fingerprint density at radius 3 is 2.62 bits per heavy atom. The lowest BCUT2D eigenvalue weighted by molar-refractivity contribution is 0.0696. The van der Waals surface area contributed by atoms with Crippen molar-refractivity contribution in [2.45, 2.75) is 32.4 Å². The van der Waals surface area contributed by atoms with Crippen molar-refractivity contribution in [3.05, 3.63) is 34.9 Å². The van der Waals surface area contributed by atoms with Gasteiger partial charge in [-0.15, -0.1) is 0 Å². The number of nitrogens with zero attached hydrogens (tertiary/aromatic N) is 2. The highest BCUT2D eigenvalue weighted by atomic mass is 16.5. The molecule has 5 nitrogen and oxygen atoms in total. The standard InChI is InChI=1S/C19H29N3O2/c1-15-3-4-16(14-22-9-7-21(2)8-10-22)13-18(15)19(23)20-17-5-11-24-12-6-17/h3-4,13,17H,5-12,14H2,1-2H3,(H,20,23). The Morgan fingerprint density at radius 2 is 1.92 bits per heavy atom. The van der Waals surface area contributed by atoms with E-state index in [1.165, 1.54) is 5.56 Å². The molecule has 0 saturated carbocycles. The summed E-state index contributed by atoms with van der Waals surface area (Å²) >= 11 is 0. The monoisotopic (exact) mass is 331 g/mol. The molecular weight excluding hydrogens is 302 g/mol. The number of aryl methyl sites for hydroxylation is 1. The number of carbonyl (C=O) groups excluding carboxylic acids is 1. The molecule has 5 heteroatoms. The van der Waals surface area contributed by atoms with E-state index in [0.717, 1.165) is 69.9 Å². The summed E-state index contributed by atoms with van der Waals surface area (Å²) in [6, 6.07) is 6.54. The fraction of sp³-hybridized carbons (Fsp3) is 0.632. The SMILES string of the molecule is Cc1ccc(CN2CCN(C)CC2)cc1C(=O)NC1CCOCC1. The Labute approximate surface area is 145 Å². The van der Waals surface area contributed by atoms with E-state index in [2.05, 4.69) is 40.4 Å². The summed E-state index contributed by atoms with van der Waals surface area (Å²) < 4.78 is 5.36. The molecule has 24 heavy (non-hydrogen) atoms. The van der Waals surface area contributed by atoms with Crippen LogP contribution in [0, 0.1) is 6.92 Å². The molecule has 0 spiro atoms. The summed E-state index contributed by atoms with van der Waals surface area (Å²) in [6.45, 7) is 8.83. The average Bonchev–Trinajstić information content (AvgIpc) is 2.59. The van der Waals surface area contributed by atoms with Crippen molar-refractivity contribution >= 4 is 5.91 Å². The Morgan fingerprint density at radius 1 is 1.21 bits per heavy atom. The predicted octanol–water partition coefficient (Wildman–Crippen LogP) is 1.65. The largest absolute Gasteiger partial charge is 0.381 e. The number of rotatable bonds is 4. The molecule has 3 rings (SSSR count). The van der Waals surface area contributed by atoms with Crippen LogP contribution in [0.1, 0.15) is 34.3 Å². The van der Waals surface area contributed by atoms with Crippen molar-refractivity contribution in [1.29, 1.82) is 0 Å². The van der Waals surface area contributed by atoms with E-state index in [9.17, 15) is 4.79 Å². The van der Waals surface area contributed by atoms with Crippen LogP contribution < -0.4 is 5.32 Å². The molecule has 2 aliphatic rings. The fourth-order valence-corrected chi connectivity index (χ4v) is 3.38. The van der Waals surface area contributed by atoms with E-state index in [4.69, 9.17) is 4.74 Å². The molecule has 1 aromatic carbocycles. The van der Waals surface area contributed by atoms with Crippen LogP contribution in [-0.4, -0.2) is 68.2 Å². The number of likely N-dealkylation sites (N-methyl/N-ethyl adjacent to an activating group) is 1. The molecule has 1 N–H and O–H groups in total. The van der Waals surface area contributed by atoms with E-state index >= 15 is 0 Å². The van der Waals surface area contributed by atoms with Gasteiger partial charge in [0.1, 0.15) is 0 Å². The van der Waals surface area contributed by atoms with E-state index in [1.807, 2.05) is 6.92 Å². The number of ether oxygens (including phenoxy) is 1. The van der Waals surface area contributed by atoms with Gasteiger partial charge in [0.25, 0.3) is 5.91 Å². The average molecular weight is 331 g/mol. The van der Waals surface area contributed by atoms with Crippen molar-refractivity contribution in [3.8, 4) is 0 Å². The minimum Gasteiger partial charge on any atom is -0.381 e. The van der Waals surface area contributed by atoms with Gasteiger partial charge in [0.2, 0.25) is 0 Å². The van der Waals surface area contributed by atoms with Crippen molar-refractivity contribution in [2.75, 3.05) is 46.4 Å². The summed E-state index contributed by atoms with van der Waals surface area (Å²) in [5.74, 6) is 0.0552. The van der Waals surface area contributed by atoms with Gasteiger partial charge >= 0.3 is 0 Å². The van der Waals surface area contributed by atoms with Gasteiger partial charge in [-0.1, -0.05) is 12.1 Å². The van der Waals surface area contributed by atoms with Gasteiger partial charge in [-0.3, -0.25) is 9.69 Å². The molecule has 0 aliphatic carbocycles. The van der Waals surface area contributed by atoms with Gasteiger partial charge in [-0.05, 0) is 44.0 Å². The Balaban J connectivity index is 1.63. The Hall–Kier alpha value is -1.43. The first-order valence-electron chi connectivity index (χ1n) is 9.01. The summed E-state index contributed by atoms with van der Waals surface area (Å²) in [6.07, 6.45) is 1.82. The highest BCUT2D eigenvalue weighted by molar-refractivity contribution is 5.96. The lowest BCUT2D eigenvalue weighted by Gasteiger charge is -2.32. The molecule has 2 heterocycles. The second-order valence-electron chi connectivity index (χ2n) is 7.09. The second-order valence-corrected chi connectivity index (χ2v) is 7.09. The van der Waals surface area contributed by atoms with Gasteiger partial charge in [0.05, 0.1) is 0 Å². The zero-order chi connectivity index (χ0) is 16.9. The molecule has 0 radical (unpaired) electrons. The lowest BCUT2D eigenvalue weighted by Crippen LogP contribution is -2.43. The van der Waals surface area contributed by atoms with Crippen LogP contribution in [0.4, 0.5) is 0 Å². The Bertz CT molecular complexity index is 562. The van der Waals surface area contributed by atoms with Gasteiger partial charge in [0.15, 0.2) is 0 Å². The predicted molar refractivity (Wildman–Crippen MR) is 95.3 cm³/mol. The molecular formula is C19H29N3O2. The molecule has 132 valence electrons. The van der Waals surface area contributed by atoms with Crippen LogP contribution in [0.25, 0.3) is 0 Å².